The van der Waals surface area contributed by atoms with Gasteiger partial charge in [-0.05, 0) is 58.2 Å². The largest absolute Gasteiger partial charge is 0.278 e. The van der Waals surface area contributed by atoms with E-state index in [1.807, 2.05) is 6.07 Å². The molecule has 0 N–H and O–H groups in total. The highest BCUT2D eigenvalue weighted by atomic mass is 15.2. The zero-order chi connectivity index (χ0) is 25.8. The number of hydrogen-bond acceptors (Lipinski definition) is 2. The number of allylic oxidation sites excluding steroid dienone is 4. The Morgan fingerprint density at radius 3 is 1.82 bits per heavy atom. The summed E-state index contributed by atoms with van der Waals surface area (Å²) in [5, 5.41) is 7.43. The fourth-order valence-electron chi connectivity index (χ4n) is 6.01. The summed E-state index contributed by atoms with van der Waals surface area (Å²) in [6, 6.07) is 38.7. The van der Waals surface area contributed by atoms with Gasteiger partial charge in [0.15, 0.2) is 0 Å². The fraction of sp³-hybridized carbons (Fsp3) is 0.0556. The monoisotopic (exact) mass is 499 g/mol. The van der Waals surface area contributed by atoms with Crippen molar-refractivity contribution < 1.29 is 0 Å². The zero-order valence-corrected chi connectivity index (χ0v) is 21.4. The Morgan fingerprint density at radius 1 is 0.564 bits per heavy atom. The Bertz CT molecular complexity index is 2020. The van der Waals surface area contributed by atoms with E-state index in [-0.39, 0.29) is 0 Å². The SMILES string of the molecule is C1=CC(c2cc(-c3ccccc3)nc(-n3c4ccc5ccccc5c4c4c5ccccc5ccc43)n2)=CCC1. The number of rotatable bonds is 3. The smallest absolute Gasteiger partial charge is 0.235 e. The van der Waals surface area contributed by atoms with Crippen LogP contribution in [-0.2, 0) is 0 Å². The summed E-state index contributed by atoms with van der Waals surface area (Å²) in [6.07, 6.45) is 8.81. The minimum atomic E-state index is 0.691. The lowest BCUT2D eigenvalue weighted by atomic mass is 10.00. The predicted molar refractivity (Wildman–Crippen MR) is 163 cm³/mol. The molecule has 5 aromatic carbocycles. The number of nitrogens with zero attached hydrogens (tertiary/aromatic N) is 3. The highest BCUT2D eigenvalue weighted by Gasteiger charge is 2.20. The van der Waals surface area contributed by atoms with Gasteiger partial charge in [-0.1, -0.05) is 109 Å². The summed E-state index contributed by atoms with van der Waals surface area (Å²) in [5.74, 6) is 0.691. The van der Waals surface area contributed by atoms with Crippen LogP contribution in [0, 0.1) is 0 Å². The standard InChI is InChI=1S/C36H25N3/c1-3-13-26(14-4-1)30-23-31(27-15-5-2-6-16-27)38-36(37-30)39-32-21-19-24-11-7-9-17-28(24)34(32)35-29-18-10-8-12-25(29)20-22-33(35)39/h1,3-5,7-23H,2,6H2. The quantitative estimate of drug-likeness (QED) is 0.242. The van der Waals surface area contributed by atoms with Crippen LogP contribution >= 0.6 is 0 Å². The molecule has 1 aliphatic carbocycles. The highest BCUT2D eigenvalue weighted by Crippen LogP contribution is 2.40. The van der Waals surface area contributed by atoms with Crippen molar-refractivity contribution in [3.05, 3.63) is 133 Å². The second-order valence-corrected chi connectivity index (χ2v) is 10.1. The average molecular weight is 500 g/mol. The molecular weight excluding hydrogens is 474 g/mol. The van der Waals surface area contributed by atoms with E-state index < -0.39 is 0 Å². The maximum Gasteiger partial charge on any atom is 0.235 e. The molecule has 0 aliphatic heterocycles. The van der Waals surface area contributed by atoms with Crippen LogP contribution in [0.4, 0.5) is 0 Å². The van der Waals surface area contributed by atoms with Gasteiger partial charge in [0.2, 0.25) is 5.95 Å². The molecule has 0 fully saturated rings. The van der Waals surface area contributed by atoms with Gasteiger partial charge >= 0.3 is 0 Å². The molecule has 3 heteroatoms. The van der Waals surface area contributed by atoms with Crippen LogP contribution in [0.25, 0.3) is 66.1 Å². The molecule has 3 nitrogen and oxygen atoms in total. The number of hydrogen-bond donors (Lipinski definition) is 0. The Balaban J connectivity index is 1.52. The predicted octanol–water partition coefficient (Wildman–Crippen LogP) is 9.28. The summed E-state index contributed by atoms with van der Waals surface area (Å²) < 4.78 is 2.26. The molecule has 0 spiro atoms. The third-order valence-corrected chi connectivity index (χ3v) is 7.82. The topological polar surface area (TPSA) is 30.7 Å². The molecule has 2 heterocycles. The van der Waals surface area contributed by atoms with E-state index in [0.717, 1.165) is 46.4 Å². The average Bonchev–Trinajstić information content (AvgIpc) is 3.37. The van der Waals surface area contributed by atoms with Crippen LogP contribution in [0.2, 0.25) is 0 Å². The van der Waals surface area contributed by atoms with Crippen LogP contribution in [0.1, 0.15) is 18.5 Å². The molecule has 184 valence electrons. The zero-order valence-electron chi connectivity index (χ0n) is 21.4. The molecule has 0 bridgehead atoms. The number of aromatic nitrogens is 3. The van der Waals surface area contributed by atoms with Crippen molar-refractivity contribution in [1.82, 2.24) is 14.5 Å². The molecule has 0 saturated heterocycles. The maximum absolute atomic E-state index is 5.22. The molecule has 8 rings (SSSR count). The first-order chi connectivity index (χ1) is 19.3. The van der Waals surface area contributed by atoms with Gasteiger partial charge < -0.3 is 0 Å². The summed E-state index contributed by atoms with van der Waals surface area (Å²) in [5.41, 5.74) is 6.34. The second-order valence-electron chi connectivity index (χ2n) is 10.1. The fourth-order valence-corrected chi connectivity index (χ4v) is 6.01. The lowest BCUT2D eigenvalue weighted by molar-refractivity contribution is 0.978. The van der Waals surface area contributed by atoms with E-state index in [1.165, 1.54) is 32.3 Å². The van der Waals surface area contributed by atoms with Gasteiger partial charge in [0.1, 0.15) is 0 Å². The Morgan fingerprint density at radius 2 is 1.18 bits per heavy atom. The molecule has 0 unspecified atom stereocenters. The summed E-state index contributed by atoms with van der Waals surface area (Å²) in [6.45, 7) is 0. The first-order valence-corrected chi connectivity index (χ1v) is 13.5. The molecule has 39 heavy (non-hydrogen) atoms. The lowest BCUT2D eigenvalue weighted by Crippen LogP contribution is -2.05. The maximum atomic E-state index is 5.22. The van der Waals surface area contributed by atoms with Gasteiger partial charge in [0, 0.05) is 16.3 Å². The van der Waals surface area contributed by atoms with Crippen molar-refractivity contribution in [2.24, 2.45) is 0 Å². The highest BCUT2D eigenvalue weighted by molar-refractivity contribution is 6.28. The van der Waals surface area contributed by atoms with Crippen molar-refractivity contribution >= 4 is 48.9 Å². The Kier molecular flexibility index (Phi) is 4.95. The number of benzene rings is 5. The Labute approximate surface area is 226 Å². The van der Waals surface area contributed by atoms with E-state index in [9.17, 15) is 0 Å². The van der Waals surface area contributed by atoms with Gasteiger partial charge in [-0.25, -0.2) is 9.97 Å². The van der Waals surface area contributed by atoms with Crippen molar-refractivity contribution in [3.63, 3.8) is 0 Å². The third-order valence-electron chi connectivity index (χ3n) is 7.82. The van der Waals surface area contributed by atoms with Crippen molar-refractivity contribution in [2.75, 3.05) is 0 Å². The van der Waals surface area contributed by atoms with Gasteiger partial charge in [-0.3, -0.25) is 4.57 Å². The van der Waals surface area contributed by atoms with Crippen molar-refractivity contribution in [2.45, 2.75) is 12.8 Å². The first kappa shape index (κ1) is 22.0. The molecule has 0 saturated carbocycles. The molecule has 0 amide bonds. The van der Waals surface area contributed by atoms with Crippen LogP contribution in [0.3, 0.4) is 0 Å². The first-order valence-electron chi connectivity index (χ1n) is 13.5. The van der Waals surface area contributed by atoms with E-state index in [4.69, 9.17) is 9.97 Å². The van der Waals surface area contributed by atoms with Gasteiger partial charge in [0.05, 0.1) is 22.4 Å². The van der Waals surface area contributed by atoms with Crippen molar-refractivity contribution in [1.29, 1.82) is 0 Å². The van der Waals surface area contributed by atoms with E-state index in [1.54, 1.807) is 0 Å². The van der Waals surface area contributed by atoms with E-state index >= 15 is 0 Å². The summed E-state index contributed by atoms with van der Waals surface area (Å²) in [7, 11) is 0. The lowest BCUT2D eigenvalue weighted by Gasteiger charge is -2.13. The minimum absolute atomic E-state index is 0.691. The molecule has 1 aliphatic rings. The van der Waals surface area contributed by atoms with Crippen LogP contribution in [0.5, 0.6) is 0 Å². The van der Waals surface area contributed by atoms with Crippen LogP contribution in [0.15, 0.2) is 127 Å². The van der Waals surface area contributed by atoms with E-state index in [2.05, 4.69) is 126 Å². The molecular formula is C36H25N3. The Hall–Kier alpha value is -5.02. The van der Waals surface area contributed by atoms with Crippen molar-refractivity contribution in [3.8, 4) is 17.2 Å². The molecule has 7 aromatic rings. The normalized spacial score (nSPS) is 13.5. The second kappa shape index (κ2) is 8.78. The minimum Gasteiger partial charge on any atom is -0.278 e. The summed E-state index contributed by atoms with van der Waals surface area (Å²) in [4.78, 5) is 10.4. The van der Waals surface area contributed by atoms with E-state index in [0.29, 0.717) is 5.95 Å². The van der Waals surface area contributed by atoms with Gasteiger partial charge in [0.25, 0.3) is 0 Å². The molecule has 0 atom stereocenters. The molecule has 2 aromatic heterocycles. The van der Waals surface area contributed by atoms with Gasteiger partial charge in [-0.15, -0.1) is 0 Å². The summed E-state index contributed by atoms with van der Waals surface area (Å²) >= 11 is 0. The number of fused-ring (bicyclic) bond motifs is 7. The molecule has 0 radical (unpaired) electrons. The third kappa shape index (κ3) is 3.51. The van der Waals surface area contributed by atoms with Crippen LogP contribution in [-0.4, -0.2) is 14.5 Å². The van der Waals surface area contributed by atoms with Crippen LogP contribution < -0.4 is 0 Å². The van der Waals surface area contributed by atoms with Gasteiger partial charge in [-0.2, -0.15) is 0 Å².